The Balaban J connectivity index is 0.000000260. The molecule has 0 unspecified atom stereocenters. The molecule has 2 heteroatoms. The molecule has 0 fully saturated rings. The highest BCUT2D eigenvalue weighted by Crippen LogP contribution is 2.30. The van der Waals surface area contributed by atoms with E-state index in [2.05, 4.69) is 41.2 Å². The molecule has 0 radical (unpaired) electrons. The van der Waals surface area contributed by atoms with Crippen LogP contribution in [0.3, 0.4) is 0 Å². The molecule has 0 heterocycles. The molecule has 2 rings (SSSR count). The van der Waals surface area contributed by atoms with E-state index in [9.17, 15) is 10.2 Å². The van der Waals surface area contributed by atoms with Crippen LogP contribution in [0.2, 0.25) is 0 Å². The van der Waals surface area contributed by atoms with E-state index >= 15 is 0 Å². The zero-order valence-electron chi connectivity index (χ0n) is 16.9. The lowest BCUT2D eigenvalue weighted by Gasteiger charge is -2.11. The lowest BCUT2D eigenvalue weighted by Crippen LogP contribution is -1.92. The predicted molar refractivity (Wildman–Crippen MR) is 112 cm³/mol. The van der Waals surface area contributed by atoms with Gasteiger partial charge in [0.15, 0.2) is 0 Å². The summed E-state index contributed by atoms with van der Waals surface area (Å²) in [5, 5.41) is 19.7. The van der Waals surface area contributed by atoms with Crippen LogP contribution < -0.4 is 0 Å². The van der Waals surface area contributed by atoms with Crippen LogP contribution in [0.25, 0.3) is 0 Å². The summed E-state index contributed by atoms with van der Waals surface area (Å²) in [5.41, 5.74) is 4.11. The minimum atomic E-state index is 0.366. The van der Waals surface area contributed by atoms with Crippen LogP contribution in [0.5, 0.6) is 11.5 Å². The van der Waals surface area contributed by atoms with Crippen LogP contribution in [0.15, 0.2) is 49.1 Å². The summed E-state index contributed by atoms with van der Waals surface area (Å²) >= 11 is 0. The molecule has 0 saturated carbocycles. The lowest BCUT2D eigenvalue weighted by atomic mass is 9.97. The number of hydrogen-bond acceptors (Lipinski definition) is 2. The van der Waals surface area contributed by atoms with Gasteiger partial charge in [-0.15, -0.1) is 6.58 Å². The quantitative estimate of drug-likeness (QED) is 0.566. The van der Waals surface area contributed by atoms with E-state index in [-0.39, 0.29) is 0 Å². The smallest absolute Gasteiger partial charge is 0.122 e. The van der Waals surface area contributed by atoms with Gasteiger partial charge in [-0.2, -0.15) is 0 Å². The standard InChI is InChI=1S/C12H18O.C12H16O/c2*1-4-6-10-7-5-8-11(9(2)3)12(10)13/h5,7-9,13H,4,6H2,1-3H3;4-5,7-9,13H,1,6H2,2-3H3. The van der Waals surface area contributed by atoms with Crippen molar-refractivity contribution in [3.8, 4) is 11.5 Å². The SMILES string of the molecule is C=CCc1cccc(C(C)C)c1O.CCCc1cccc(C(C)C)c1O. The molecule has 26 heavy (non-hydrogen) atoms. The number of para-hydroxylation sites is 2. The predicted octanol–water partition coefficient (Wildman–Crippen LogP) is 6.71. The molecular formula is C24H34O2. The first-order chi connectivity index (χ1) is 12.3. The summed E-state index contributed by atoms with van der Waals surface area (Å²) in [5.74, 6) is 1.69. The second kappa shape index (κ2) is 10.7. The van der Waals surface area contributed by atoms with Gasteiger partial charge in [0.05, 0.1) is 0 Å². The first-order valence-electron chi connectivity index (χ1n) is 9.55. The van der Waals surface area contributed by atoms with Crippen molar-refractivity contribution >= 4 is 0 Å². The number of benzene rings is 2. The van der Waals surface area contributed by atoms with Gasteiger partial charge in [0.2, 0.25) is 0 Å². The average Bonchev–Trinajstić information content (AvgIpc) is 2.59. The molecule has 0 saturated heterocycles. The molecule has 0 bridgehead atoms. The molecule has 142 valence electrons. The van der Waals surface area contributed by atoms with Gasteiger partial charge >= 0.3 is 0 Å². The third-order valence-electron chi connectivity index (χ3n) is 4.43. The van der Waals surface area contributed by atoms with Crippen molar-refractivity contribution in [2.75, 3.05) is 0 Å². The summed E-state index contributed by atoms with van der Waals surface area (Å²) in [6, 6.07) is 11.9. The van der Waals surface area contributed by atoms with Crippen LogP contribution in [-0.4, -0.2) is 10.2 Å². The van der Waals surface area contributed by atoms with Gasteiger partial charge in [-0.3, -0.25) is 0 Å². The van der Waals surface area contributed by atoms with E-state index in [1.54, 1.807) is 6.08 Å². The minimum absolute atomic E-state index is 0.366. The van der Waals surface area contributed by atoms with E-state index in [1.807, 2.05) is 36.4 Å². The first-order valence-corrected chi connectivity index (χ1v) is 9.55. The van der Waals surface area contributed by atoms with Gasteiger partial charge in [-0.05, 0) is 46.9 Å². The van der Waals surface area contributed by atoms with Crippen molar-refractivity contribution in [3.63, 3.8) is 0 Å². The number of phenolic OH excluding ortho intramolecular Hbond substituents is 2. The highest BCUT2D eigenvalue weighted by Gasteiger charge is 2.09. The Bertz CT molecular complexity index is 699. The van der Waals surface area contributed by atoms with Crippen molar-refractivity contribution in [3.05, 3.63) is 71.3 Å². The fraction of sp³-hybridized carbons (Fsp3) is 0.417. The molecule has 0 atom stereocenters. The monoisotopic (exact) mass is 354 g/mol. The molecule has 2 N–H and O–H groups in total. The maximum Gasteiger partial charge on any atom is 0.122 e. The van der Waals surface area contributed by atoms with E-state index in [4.69, 9.17) is 0 Å². The van der Waals surface area contributed by atoms with Gasteiger partial charge in [0.1, 0.15) is 11.5 Å². The number of aryl methyl sites for hydroxylation is 1. The van der Waals surface area contributed by atoms with Crippen molar-refractivity contribution < 1.29 is 10.2 Å². The number of aromatic hydroxyl groups is 2. The normalized spacial score (nSPS) is 10.6. The zero-order chi connectivity index (χ0) is 19.7. The van der Waals surface area contributed by atoms with Crippen molar-refractivity contribution in [1.29, 1.82) is 0 Å². The van der Waals surface area contributed by atoms with Crippen LogP contribution in [0, 0.1) is 0 Å². The van der Waals surface area contributed by atoms with Gasteiger partial charge in [0, 0.05) is 0 Å². The summed E-state index contributed by atoms with van der Waals surface area (Å²) in [6.07, 6.45) is 4.58. The second-order valence-corrected chi connectivity index (χ2v) is 7.26. The topological polar surface area (TPSA) is 40.5 Å². The third-order valence-corrected chi connectivity index (χ3v) is 4.43. The number of rotatable bonds is 6. The van der Waals surface area contributed by atoms with Crippen molar-refractivity contribution in [2.24, 2.45) is 0 Å². The molecule has 0 spiro atoms. The Morgan fingerprint density at radius 2 is 1.31 bits per heavy atom. The zero-order valence-corrected chi connectivity index (χ0v) is 16.9. The van der Waals surface area contributed by atoms with E-state index in [1.165, 1.54) is 0 Å². The van der Waals surface area contributed by atoms with Crippen LogP contribution in [0.1, 0.15) is 75.1 Å². The molecule has 2 aromatic rings. The highest BCUT2D eigenvalue weighted by atomic mass is 16.3. The largest absolute Gasteiger partial charge is 0.507 e. The summed E-state index contributed by atoms with van der Waals surface area (Å²) < 4.78 is 0. The number of allylic oxidation sites excluding steroid dienone is 1. The second-order valence-electron chi connectivity index (χ2n) is 7.26. The Morgan fingerprint density at radius 3 is 1.73 bits per heavy atom. The van der Waals surface area contributed by atoms with Crippen LogP contribution >= 0.6 is 0 Å². The maximum absolute atomic E-state index is 9.89. The first kappa shape index (κ1) is 21.8. The molecule has 0 aliphatic heterocycles. The Morgan fingerprint density at radius 1 is 0.846 bits per heavy atom. The van der Waals surface area contributed by atoms with Gasteiger partial charge in [0.25, 0.3) is 0 Å². The molecule has 0 aliphatic rings. The van der Waals surface area contributed by atoms with E-state index < -0.39 is 0 Å². The fourth-order valence-corrected chi connectivity index (χ4v) is 2.95. The molecular weight excluding hydrogens is 320 g/mol. The molecule has 2 nitrogen and oxygen atoms in total. The Labute approximate surface area is 159 Å². The minimum Gasteiger partial charge on any atom is -0.507 e. The average molecular weight is 355 g/mol. The number of hydrogen-bond donors (Lipinski definition) is 2. The van der Waals surface area contributed by atoms with Crippen molar-refractivity contribution in [2.45, 2.75) is 65.7 Å². The lowest BCUT2D eigenvalue weighted by molar-refractivity contribution is 0.457. The van der Waals surface area contributed by atoms with Gasteiger partial charge < -0.3 is 10.2 Å². The Hall–Kier alpha value is -2.22. The molecule has 0 aromatic heterocycles. The number of phenols is 2. The van der Waals surface area contributed by atoms with Gasteiger partial charge in [-0.1, -0.05) is 83.5 Å². The van der Waals surface area contributed by atoms with Gasteiger partial charge in [-0.25, -0.2) is 0 Å². The Kier molecular flexibility index (Phi) is 8.98. The summed E-state index contributed by atoms with van der Waals surface area (Å²) in [6.45, 7) is 14.1. The molecule has 0 aliphatic carbocycles. The molecule has 0 amide bonds. The van der Waals surface area contributed by atoms with E-state index in [0.29, 0.717) is 23.3 Å². The molecule has 2 aromatic carbocycles. The van der Waals surface area contributed by atoms with E-state index in [0.717, 1.165) is 41.5 Å². The highest BCUT2D eigenvalue weighted by molar-refractivity contribution is 5.43. The van der Waals surface area contributed by atoms with Crippen LogP contribution in [-0.2, 0) is 12.8 Å². The maximum atomic E-state index is 9.89. The van der Waals surface area contributed by atoms with Crippen LogP contribution in [0.4, 0.5) is 0 Å². The third kappa shape index (κ3) is 5.94. The van der Waals surface area contributed by atoms with Crippen molar-refractivity contribution in [1.82, 2.24) is 0 Å². The fourth-order valence-electron chi connectivity index (χ4n) is 2.95. The summed E-state index contributed by atoms with van der Waals surface area (Å²) in [7, 11) is 0. The summed E-state index contributed by atoms with van der Waals surface area (Å²) in [4.78, 5) is 0.